The van der Waals surface area contributed by atoms with Gasteiger partial charge in [0.1, 0.15) is 4.83 Å². The number of pyridine rings is 1. The van der Waals surface area contributed by atoms with Crippen molar-refractivity contribution >= 4 is 21.6 Å². The average molecular weight is 229 g/mol. The number of fused-ring (bicyclic) bond motifs is 1. The second kappa shape index (κ2) is 3.42. The van der Waals surface area contributed by atoms with Gasteiger partial charge in [-0.05, 0) is 30.0 Å². The van der Waals surface area contributed by atoms with Crippen LogP contribution in [0.1, 0.15) is 5.69 Å². The SMILES string of the molecule is Cc1nn(C)cc1-c1ccnc2sccc12. The highest BCUT2D eigenvalue weighted by Crippen LogP contribution is 2.31. The number of thiophene rings is 1. The normalized spacial score (nSPS) is 11.1. The number of rotatable bonds is 1. The second-order valence-electron chi connectivity index (χ2n) is 3.80. The van der Waals surface area contributed by atoms with Gasteiger partial charge in [-0.2, -0.15) is 5.10 Å². The van der Waals surface area contributed by atoms with E-state index in [0.29, 0.717) is 0 Å². The summed E-state index contributed by atoms with van der Waals surface area (Å²) in [6.45, 7) is 2.04. The molecule has 3 aromatic rings. The lowest BCUT2D eigenvalue weighted by Crippen LogP contribution is -1.86. The predicted octanol–water partition coefficient (Wildman–Crippen LogP) is 3.01. The molecule has 3 nitrogen and oxygen atoms in total. The first-order chi connectivity index (χ1) is 7.75. The third-order valence-corrected chi connectivity index (χ3v) is 3.49. The molecule has 0 N–H and O–H groups in total. The molecule has 3 heterocycles. The first-order valence-electron chi connectivity index (χ1n) is 5.08. The zero-order valence-corrected chi connectivity index (χ0v) is 9.95. The van der Waals surface area contributed by atoms with Crippen LogP contribution < -0.4 is 0 Å². The standard InChI is InChI=1S/C12H11N3S/c1-8-11(7-15(2)14-8)9-3-5-13-12-10(9)4-6-16-12/h3-7H,1-2H3. The Hall–Kier alpha value is -1.68. The molecule has 0 unspecified atom stereocenters. The molecule has 0 fully saturated rings. The number of aromatic nitrogens is 3. The zero-order valence-electron chi connectivity index (χ0n) is 9.14. The maximum atomic E-state index is 4.38. The minimum atomic E-state index is 1.06. The van der Waals surface area contributed by atoms with Gasteiger partial charge in [-0.15, -0.1) is 11.3 Å². The molecule has 0 aliphatic carbocycles. The van der Waals surface area contributed by atoms with Gasteiger partial charge < -0.3 is 0 Å². The van der Waals surface area contributed by atoms with Crippen molar-refractivity contribution < 1.29 is 0 Å². The van der Waals surface area contributed by atoms with E-state index in [4.69, 9.17) is 0 Å². The molecule has 16 heavy (non-hydrogen) atoms. The predicted molar refractivity (Wildman–Crippen MR) is 66.6 cm³/mol. The Kier molecular flexibility index (Phi) is 2.04. The summed E-state index contributed by atoms with van der Waals surface area (Å²) in [5.74, 6) is 0. The van der Waals surface area contributed by atoms with Crippen LogP contribution in [0.4, 0.5) is 0 Å². The van der Waals surface area contributed by atoms with Crippen molar-refractivity contribution in [2.45, 2.75) is 6.92 Å². The van der Waals surface area contributed by atoms with Gasteiger partial charge in [0.2, 0.25) is 0 Å². The molecule has 80 valence electrons. The van der Waals surface area contributed by atoms with Crippen molar-refractivity contribution in [1.29, 1.82) is 0 Å². The smallest absolute Gasteiger partial charge is 0.123 e. The Morgan fingerprint density at radius 3 is 2.88 bits per heavy atom. The third-order valence-electron chi connectivity index (χ3n) is 2.67. The van der Waals surface area contributed by atoms with Gasteiger partial charge in [0.05, 0.1) is 5.69 Å². The van der Waals surface area contributed by atoms with E-state index >= 15 is 0 Å². The summed E-state index contributed by atoms with van der Waals surface area (Å²) in [6.07, 6.45) is 3.92. The van der Waals surface area contributed by atoms with Gasteiger partial charge in [0.15, 0.2) is 0 Å². The quantitative estimate of drug-likeness (QED) is 0.642. The molecule has 3 aromatic heterocycles. The van der Waals surface area contributed by atoms with E-state index in [1.807, 2.05) is 24.9 Å². The molecule has 0 saturated carbocycles. The highest BCUT2D eigenvalue weighted by molar-refractivity contribution is 7.16. The first kappa shape index (κ1) is 9.54. The summed E-state index contributed by atoms with van der Waals surface area (Å²) in [5.41, 5.74) is 3.46. The lowest BCUT2D eigenvalue weighted by molar-refractivity contribution is 0.756. The number of nitrogens with zero attached hydrogens (tertiary/aromatic N) is 3. The highest BCUT2D eigenvalue weighted by atomic mass is 32.1. The second-order valence-corrected chi connectivity index (χ2v) is 4.69. The maximum absolute atomic E-state index is 4.38. The monoisotopic (exact) mass is 229 g/mol. The molecule has 0 spiro atoms. The number of hydrogen-bond acceptors (Lipinski definition) is 3. The lowest BCUT2D eigenvalue weighted by Gasteiger charge is -2.00. The lowest BCUT2D eigenvalue weighted by atomic mass is 10.1. The van der Waals surface area contributed by atoms with Crippen LogP contribution in [-0.2, 0) is 7.05 Å². The van der Waals surface area contributed by atoms with E-state index in [1.165, 1.54) is 16.5 Å². The van der Waals surface area contributed by atoms with Crippen LogP contribution in [0.25, 0.3) is 21.3 Å². The molecule has 3 rings (SSSR count). The molecule has 4 heteroatoms. The van der Waals surface area contributed by atoms with Gasteiger partial charge in [-0.1, -0.05) is 0 Å². The van der Waals surface area contributed by atoms with Crippen LogP contribution in [0.5, 0.6) is 0 Å². The van der Waals surface area contributed by atoms with Crippen LogP contribution in [0, 0.1) is 6.92 Å². The van der Waals surface area contributed by atoms with Gasteiger partial charge in [0, 0.05) is 30.4 Å². The first-order valence-corrected chi connectivity index (χ1v) is 5.96. The summed E-state index contributed by atoms with van der Waals surface area (Å²) >= 11 is 1.67. The minimum absolute atomic E-state index is 1.06. The fourth-order valence-electron chi connectivity index (χ4n) is 1.97. The highest BCUT2D eigenvalue weighted by Gasteiger charge is 2.10. The Labute approximate surface area is 97.4 Å². The van der Waals surface area contributed by atoms with Gasteiger partial charge in [0.25, 0.3) is 0 Å². The summed E-state index contributed by atoms with van der Waals surface area (Å²) in [7, 11) is 1.95. The summed E-state index contributed by atoms with van der Waals surface area (Å²) in [4.78, 5) is 5.44. The maximum Gasteiger partial charge on any atom is 0.123 e. The summed E-state index contributed by atoms with van der Waals surface area (Å²) in [5, 5.41) is 7.67. The molecule has 0 aliphatic heterocycles. The topological polar surface area (TPSA) is 30.7 Å². The fourth-order valence-corrected chi connectivity index (χ4v) is 2.73. The average Bonchev–Trinajstić information content (AvgIpc) is 2.84. The molecule has 0 amide bonds. The van der Waals surface area contributed by atoms with Crippen molar-refractivity contribution in [1.82, 2.24) is 14.8 Å². The van der Waals surface area contributed by atoms with Crippen LogP contribution in [0.3, 0.4) is 0 Å². The van der Waals surface area contributed by atoms with E-state index in [1.54, 1.807) is 11.3 Å². The van der Waals surface area contributed by atoms with Gasteiger partial charge in [-0.3, -0.25) is 4.68 Å². The fraction of sp³-hybridized carbons (Fsp3) is 0.167. The molecule has 0 aliphatic rings. The molecule has 0 aromatic carbocycles. The van der Waals surface area contributed by atoms with Gasteiger partial charge in [-0.25, -0.2) is 4.98 Å². The van der Waals surface area contributed by atoms with Crippen LogP contribution in [-0.4, -0.2) is 14.8 Å². The van der Waals surface area contributed by atoms with Crippen molar-refractivity contribution in [3.63, 3.8) is 0 Å². The molecular formula is C12H11N3S. The van der Waals surface area contributed by atoms with Gasteiger partial charge >= 0.3 is 0 Å². The van der Waals surface area contributed by atoms with Crippen LogP contribution in [0.15, 0.2) is 29.9 Å². The molecule has 0 saturated heterocycles. The molecular weight excluding hydrogens is 218 g/mol. The Balaban J connectivity index is 2.33. The number of hydrogen-bond donors (Lipinski definition) is 0. The molecule has 0 radical (unpaired) electrons. The largest absolute Gasteiger partial charge is 0.275 e. The van der Waals surface area contributed by atoms with Crippen molar-refractivity contribution in [3.8, 4) is 11.1 Å². The summed E-state index contributed by atoms with van der Waals surface area (Å²) < 4.78 is 1.85. The number of aryl methyl sites for hydroxylation is 2. The van der Waals surface area contributed by atoms with Crippen LogP contribution >= 0.6 is 11.3 Å². The van der Waals surface area contributed by atoms with E-state index in [2.05, 4.69) is 33.8 Å². The summed E-state index contributed by atoms with van der Waals surface area (Å²) in [6, 6.07) is 4.17. The Morgan fingerprint density at radius 2 is 2.12 bits per heavy atom. The van der Waals surface area contributed by atoms with Crippen molar-refractivity contribution in [3.05, 3.63) is 35.6 Å². The van der Waals surface area contributed by atoms with E-state index in [0.717, 1.165) is 10.5 Å². The zero-order chi connectivity index (χ0) is 11.1. The third kappa shape index (κ3) is 1.34. The Morgan fingerprint density at radius 1 is 1.25 bits per heavy atom. The molecule has 0 atom stereocenters. The van der Waals surface area contributed by atoms with E-state index in [9.17, 15) is 0 Å². The Bertz CT molecular complexity index is 651. The van der Waals surface area contributed by atoms with E-state index < -0.39 is 0 Å². The van der Waals surface area contributed by atoms with Crippen molar-refractivity contribution in [2.75, 3.05) is 0 Å². The molecule has 0 bridgehead atoms. The van der Waals surface area contributed by atoms with Crippen molar-refractivity contribution in [2.24, 2.45) is 7.05 Å². The van der Waals surface area contributed by atoms with Crippen LogP contribution in [0.2, 0.25) is 0 Å². The minimum Gasteiger partial charge on any atom is -0.275 e. The van der Waals surface area contributed by atoms with E-state index in [-0.39, 0.29) is 0 Å².